The van der Waals surface area contributed by atoms with E-state index in [1.165, 1.54) is 54.6 Å². The summed E-state index contributed by atoms with van der Waals surface area (Å²) in [6.45, 7) is 0.413. The van der Waals surface area contributed by atoms with Crippen molar-refractivity contribution in [2.45, 2.75) is 17.9 Å². The number of benzene rings is 4. The minimum absolute atomic E-state index is 0.00562. The Hall–Kier alpha value is -4.45. The highest BCUT2D eigenvalue weighted by Crippen LogP contribution is 2.25. The lowest BCUT2D eigenvalue weighted by Gasteiger charge is -2.21. The first-order chi connectivity index (χ1) is 19.2. The Balaban J connectivity index is 1.51. The molecule has 0 unspecified atom stereocenters. The molecule has 4 aromatic rings. The van der Waals surface area contributed by atoms with Crippen molar-refractivity contribution in [3.8, 4) is 11.1 Å². The average Bonchev–Trinajstić information content (AvgIpc) is 2.97. The topological polar surface area (TPSA) is 116 Å². The van der Waals surface area contributed by atoms with Crippen molar-refractivity contribution in [2.75, 3.05) is 13.2 Å². The van der Waals surface area contributed by atoms with Crippen LogP contribution >= 0.6 is 0 Å². The van der Waals surface area contributed by atoms with Crippen LogP contribution in [0.25, 0.3) is 11.1 Å². The molecule has 0 spiro atoms. The first-order valence-electron chi connectivity index (χ1n) is 12.2. The van der Waals surface area contributed by atoms with E-state index < -0.39 is 26.8 Å². The summed E-state index contributed by atoms with van der Waals surface area (Å²) in [4.78, 5) is 23.4. The molecule has 0 bridgehead atoms. The number of hydrogen-bond donors (Lipinski definition) is 0. The largest absolute Gasteiger partial charge is 0.377 e. The molecular weight excluding hydrogens is 539 g/mol. The third kappa shape index (κ3) is 7.56. The molecule has 0 fully saturated rings. The minimum Gasteiger partial charge on any atom is -0.377 e. The fourth-order valence-electron chi connectivity index (χ4n) is 3.75. The molecule has 4 aromatic carbocycles. The zero-order chi connectivity index (χ0) is 28.5. The molecule has 0 aliphatic heterocycles. The summed E-state index contributed by atoms with van der Waals surface area (Å²) in [5.41, 5.74) is 1.84. The van der Waals surface area contributed by atoms with Gasteiger partial charge in [-0.25, -0.2) is 4.39 Å². The number of nitro groups is 1. The standard InChI is InChI=1S/C29H25FN2O7S/c30-26-14-10-23(11-15-26)25-8-4-9-28(20-25)40(36,37)39-31(18-5-19-38-21-22-6-2-1-3-7-22)29(33)24-12-16-27(17-13-24)32(34)35/h1-4,6-17,20H,5,18-19,21H2. The van der Waals surface area contributed by atoms with Crippen LogP contribution in [0, 0.1) is 15.9 Å². The van der Waals surface area contributed by atoms with Crippen LogP contribution in [-0.2, 0) is 25.7 Å². The minimum atomic E-state index is -4.48. The Labute approximate surface area is 230 Å². The van der Waals surface area contributed by atoms with E-state index in [0.29, 0.717) is 22.8 Å². The van der Waals surface area contributed by atoms with Crippen molar-refractivity contribution in [1.82, 2.24) is 5.06 Å². The Bertz CT molecular complexity index is 1560. The molecule has 0 atom stereocenters. The van der Waals surface area contributed by atoms with E-state index in [0.717, 1.165) is 17.7 Å². The van der Waals surface area contributed by atoms with E-state index in [1.807, 2.05) is 30.3 Å². The zero-order valence-corrected chi connectivity index (χ0v) is 22.0. The quantitative estimate of drug-likeness (QED) is 0.122. The van der Waals surface area contributed by atoms with Gasteiger partial charge in [-0.05, 0) is 59.5 Å². The number of halogens is 1. The van der Waals surface area contributed by atoms with Gasteiger partial charge in [-0.1, -0.05) is 54.6 Å². The van der Waals surface area contributed by atoms with Crippen LogP contribution in [0.1, 0.15) is 22.3 Å². The Morgan fingerprint density at radius 1 is 0.875 bits per heavy atom. The molecule has 0 saturated carbocycles. The maximum atomic E-state index is 13.3. The van der Waals surface area contributed by atoms with Gasteiger partial charge in [0.2, 0.25) is 0 Å². The fraction of sp³-hybridized carbons (Fsp3) is 0.138. The molecule has 9 nitrogen and oxygen atoms in total. The van der Waals surface area contributed by atoms with E-state index in [1.54, 1.807) is 6.07 Å². The molecule has 4 rings (SSSR count). The lowest BCUT2D eigenvalue weighted by molar-refractivity contribution is -0.384. The number of non-ortho nitro benzene ring substituents is 1. The molecule has 0 aliphatic rings. The summed E-state index contributed by atoms with van der Waals surface area (Å²) in [5.74, 6) is -1.22. The van der Waals surface area contributed by atoms with Crippen LogP contribution in [0.5, 0.6) is 0 Å². The average molecular weight is 565 g/mol. The lowest BCUT2D eigenvalue weighted by Crippen LogP contribution is -2.35. The summed E-state index contributed by atoms with van der Waals surface area (Å²) >= 11 is 0. The number of rotatable bonds is 12. The summed E-state index contributed by atoms with van der Waals surface area (Å²) < 4.78 is 50.7. The second-order valence-corrected chi connectivity index (χ2v) is 10.2. The number of carbonyl (C=O) groups is 1. The molecule has 0 N–H and O–H groups in total. The van der Waals surface area contributed by atoms with Crippen molar-refractivity contribution >= 4 is 21.7 Å². The zero-order valence-electron chi connectivity index (χ0n) is 21.2. The summed E-state index contributed by atoms with van der Waals surface area (Å²) in [6.07, 6.45) is 0.247. The van der Waals surface area contributed by atoms with Gasteiger partial charge in [-0.15, -0.1) is 4.28 Å². The highest BCUT2D eigenvalue weighted by Gasteiger charge is 2.26. The van der Waals surface area contributed by atoms with Crippen LogP contribution in [0.3, 0.4) is 0 Å². The van der Waals surface area contributed by atoms with Crippen LogP contribution in [0.4, 0.5) is 10.1 Å². The van der Waals surface area contributed by atoms with Crippen molar-refractivity contribution in [2.24, 2.45) is 0 Å². The Morgan fingerprint density at radius 2 is 1.57 bits per heavy atom. The SMILES string of the molecule is O=C(c1ccc([N+](=O)[O-])cc1)N(CCCOCc1ccccc1)OS(=O)(=O)c1cccc(-c2ccc(F)cc2)c1. The molecule has 40 heavy (non-hydrogen) atoms. The number of nitro benzene ring substituents is 1. The van der Waals surface area contributed by atoms with Crippen LogP contribution in [0.15, 0.2) is 108 Å². The first-order valence-corrected chi connectivity index (χ1v) is 13.6. The van der Waals surface area contributed by atoms with E-state index in [4.69, 9.17) is 9.02 Å². The third-order valence-corrected chi connectivity index (χ3v) is 7.01. The second-order valence-electron chi connectivity index (χ2n) is 8.67. The van der Waals surface area contributed by atoms with Crippen molar-refractivity contribution < 1.29 is 31.5 Å². The van der Waals surface area contributed by atoms with Gasteiger partial charge in [0, 0.05) is 24.3 Å². The van der Waals surface area contributed by atoms with Crippen molar-refractivity contribution in [3.63, 3.8) is 0 Å². The monoisotopic (exact) mass is 564 g/mol. The maximum Gasteiger partial charge on any atom is 0.317 e. The van der Waals surface area contributed by atoms with Crippen LogP contribution in [-0.4, -0.2) is 37.5 Å². The molecule has 206 valence electrons. The number of hydrogen-bond acceptors (Lipinski definition) is 7. The Morgan fingerprint density at radius 3 is 2.25 bits per heavy atom. The molecular formula is C29H25FN2O7S. The van der Waals surface area contributed by atoms with E-state index in [2.05, 4.69) is 0 Å². The van der Waals surface area contributed by atoms with Crippen LogP contribution < -0.4 is 0 Å². The number of nitrogens with zero attached hydrogens (tertiary/aromatic N) is 2. The number of carbonyl (C=O) groups excluding carboxylic acids is 1. The second kappa shape index (κ2) is 13.1. The van der Waals surface area contributed by atoms with Gasteiger partial charge in [-0.2, -0.15) is 13.5 Å². The van der Waals surface area contributed by atoms with E-state index >= 15 is 0 Å². The molecule has 1 amide bonds. The molecule has 0 aliphatic carbocycles. The predicted octanol–water partition coefficient (Wildman–Crippen LogP) is 5.77. The molecule has 0 heterocycles. The summed E-state index contributed by atoms with van der Waals surface area (Å²) in [6, 6.07) is 25.6. The van der Waals surface area contributed by atoms with Gasteiger partial charge in [0.1, 0.15) is 5.82 Å². The fourth-order valence-corrected chi connectivity index (χ4v) is 4.73. The van der Waals surface area contributed by atoms with Crippen LogP contribution in [0.2, 0.25) is 0 Å². The first kappa shape index (κ1) is 28.6. The third-order valence-electron chi connectivity index (χ3n) is 5.80. The highest BCUT2D eigenvalue weighted by molar-refractivity contribution is 7.86. The number of ether oxygens (including phenoxy) is 1. The molecule has 0 radical (unpaired) electrons. The van der Waals surface area contributed by atoms with Gasteiger partial charge < -0.3 is 4.74 Å². The smallest absolute Gasteiger partial charge is 0.317 e. The summed E-state index contributed by atoms with van der Waals surface area (Å²) in [7, 11) is -4.48. The van der Waals surface area contributed by atoms with Gasteiger partial charge in [0.15, 0.2) is 0 Å². The highest BCUT2D eigenvalue weighted by atomic mass is 32.2. The van der Waals surface area contributed by atoms with Gasteiger partial charge in [0.05, 0.1) is 23.0 Å². The lowest BCUT2D eigenvalue weighted by atomic mass is 10.1. The number of hydroxylamine groups is 2. The van der Waals surface area contributed by atoms with E-state index in [-0.39, 0.29) is 35.7 Å². The Kier molecular flexibility index (Phi) is 9.33. The maximum absolute atomic E-state index is 13.3. The predicted molar refractivity (Wildman–Crippen MR) is 145 cm³/mol. The van der Waals surface area contributed by atoms with Crippen molar-refractivity contribution in [3.05, 3.63) is 130 Å². The number of amides is 1. The van der Waals surface area contributed by atoms with Gasteiger partial charge >= 0.3 is 10.1 Å². The normalized spacial score (nSPS) is 11.2. The van der Waals surface area contributed by atoms with Crippen molar-refractivity contribution in [1.29, 1.82) is 0 Å². The molecule has 0 aromatic heterocycles. The van der Waals surface area contributed by atoms with Gasteiger partial charge in [0.25, 0.3) is 11.6 Å². The molecule has 0 saturated heterocycles. The molecule has 11 heteroatoms. The van der Waals surface area contributed by atoms with E-state index in [9.17, 15) is 27.7 Å². The summed E-state index contributed by atoms with van der Waals surface area (Å²) in [5, 5.41) is 11.7. The van der Waals surface area contributed by atoms with Gasteiger partial charge in [-0.3, -0.25) is 14.9 Å².